The SMILES string of the molecule is CCC(C)CNC1CCCC(N(C)C)C1. The molecule has 0 aromatic heterocycles. The Labute approximate surface area is 95.4 Å². The summed E-state index contributed by atoms with van der Waals surface area (Å²) in [6, 6.07) is 1.56. The molecule has 1 fully saturated rings. The van der Waals surface area contributed by atoms with E-state index >= 15 is 0 Å². The lowest BCUT2D eigenvalue weighted by Crippen LogP contribution is -2.42. The van der Waals surface area contributed by atoms with Crippen molar-refractivity contribution < 1.29 is 0 Å². The molecule has 0 aromatic rings. The van der Waals surface area contributed by atoms with E-state index in [1.165, 1.54) is 38.6 Å². The molecule has 0 aliphatic heterocycles. The van der Waals surface area contributed by atoms with Crippen molar-refractivity contribution in [1.29, 1.82) is 0 Å². The van der Waals surface area contributed by atoms with Crippen LogP contribution >= 0.6 is 0 Å². The second-order valence-corrected chi connectivity index (χ2v) is 5.40. The van der Waals surface area contributed by atoms with Gasteiger partial charge in [0.15, 0.2) is 0 Å². The maximum atomic E-state index is 3.73. The Morgan fingerprint density at radius 1 is 1.33 bits per heavy atom. The number of nitrogens with one attached hydrogen (secondary N) is 1. The molecule has 1 N–H and O–H groups in total. The minimum atomic E-state index is 0.764. The van der Waals surface area contributed by atoms with Crippen LogP contribution in [-0.2, 0) is 0 Å². The number of hydrogen-bond donors (Lipinski definition) is 1. The van der Waals surface area contributed by atoms with E-state index in [4.69, 9.17) is 0 Å². The van der Waals surface area contributed by atoms with Gasteiger partial charge < -0.3 is 10.2 Å². The van der Waals surface area contributed by atoms with Gasteiger partial charge in [-0.3, -0.25) is 0 Å². The van der Waals surface area contributed by atoms with Crippen LogP contribution in [0.2, 0.25) is 0 Å². The summed E-state index contributed by atoms with van der Waals surface area (Å²) in [5, 5.41) is 3.73. The molecule has 0 spiro atoms. The van der Waals surface area contributed by atoms with Gasteiger partial charge in [0.05, 0.1) is 0 Å². The Kier molecular flexibility index (Phi) is 5.62. The van der Waals surface area contributed by atoms with E-state index in [2.05, 4.69) is 38.2 Å². The van der Waals surface area contributed by atoms with E-state index < -0.39 is 0 Å². The van der Waals surface area contributed by atoms with Crippen molar-refractivity contribution in [3.05, 3.63) is 0 Å². The average molecular weight is 212 g/mol. The van der Waals surface area contributed by atoms with Crippen molar-refractivity contribution in [2.75, 3.05) is 20.6 Å². The Morgan fingerprint density at radius 3 is 2.67 bits per heavy atom. The van der Waals surface area contributed by atoms with Crippen molar-refractivity contribution in [2.45, 2.75) is 58.0 Å². The van der Waals surface area contributed by atoms with Crippen LogP contribution in [0.15, 0.2) is 0 Å². The Balaban J connectivity index is 2.24. The Hall–Kier alpha value is -0.0800. The average Bonchev–Trinajstić information content (AvgIpc) is 2.26. The van der Waals surface area contributed by atoms with Gasteiger partial charge in [-0.1, -0.05) is 26.7 Å². The quantitative estimate of drug-likeness (QED) is 0.753. The summed E-state index contributed by atoms with van der Waals surface area (Å²) in [6.07, 6.45) is 6.77. The number of nitrogens with zero attached hydrogens (tertiary/aromatic N) is 1. The van der Waals surface area contributed by atoms with Crippen molar-refractivity contribution in [1.82, 2.24) is 10.2 Å². The summed E-state index contributed by atoms with van der Waals surface area (Å²) in [5.74, 6) is 0.824. The summed E-state index contributed by atoms with van der Waals surface area (Å²) in [5.41, 5.74) is 0. The molecule has 0 aromatic carbocycles. The van der Waals surface area contributed by atoms with Gasteiger partial charge in [0.2, 0.25) is 0 Å². The molecular weight excluding hydrogens is 184 g/mol. The number of hydrogen-bond acceptors (Lipinski definition) is 2. The lowest BCUT2D eigenvalue weighted by atomic mass is 9.90. The zero-order valence-corrected chi connectivity index (χ0v) is 10.9. The number of rotatable bonds is 5. The van der Waals surface area contributed by atoms with E-state index in [1.54, 1.807) is 0 Å². The molecule has 3 unspecified atom stereocenters. The zero-order chi connectivity index (χ0) is 11.3. The van der Waals surface area contributed by atoms with Crippen LogP contribution in [-0.4, -0.2) is 37.6 Å². The highest BCUT2D eigenvalue weighted by atomic mass is 15.1. The fourth-order valence-electron chi connectivity index (χ4n) is 2.33. The molecule has 0 radical (unpaired) electrons. The third kappa shape index (κ3) is 4.52. The molecule has 1 saturated carbocycles. The third-order valence-corrected chi connectivity index (χ3v) is 3.83. The Bertz CT molecular complexity index is 168. The highest BCUT2D eigenvalue weighted by Crippen LogP contribution is 2.21. The largest absolute Gasteiger partial charge is 0.314 e. The molecule has 3 atom stereocenters. The first-order valence-electron chi connectivity index (χ1n) is 6.53. The molecule has 1 rings (SSSR count). The van der Waals surface area contributed by atoms with E-state index in [-0.39, 0.29) is 0 Å². The smallest absolute Gasteiger partial charge is 0.0104 e. The summed E-state index contributed by atoms with van der Waals surface area (Å²) in [4.78, 5) is 2.39. The first-order valence-corrected chi connectivity index (χ1v) is 6.53. The fraction of sp³-hybridized carbons (Fsp3) is 1.00. The van der Waals surface area contributed by atoms with Crippen LogP contribution in [0.25, 0.3) is 0 Å². The summed E-state index contributed by atoms with van der Waals surface area (Å²) < 4.78 is 0. The first-order chi connectivity index (χ1) is 7.13. The van der Waals surface area contributed by atoms with Gasteiger partial charge in [0, 0.05) is 12.1 Å². The van der Waals surface area contributed by atoms with E-state index in [0.29, 0.717) is 0 Å². The second-order valence-electron chi connectivity index (χ2n) is 5.40. The van der Waals surface area contributed by atoms with Crippen LogP contribution < -0.4 is 5.32 Å². The predicted octanol–water partition coefficient (Wildman–Crippen LogP) is 2.49. The molecule has 1 aliphatic carbocycles. The van der Waals surface area contributed by atoms with Crippen molar-refractivity contribution in [2.24, 2.45) is 5.92 Å². The lowest BCUT2D eigenvalue weighted by molar-refractivity contribution is 0.196. The Morgan fingerprint density at radius 2 is 2.07 bits per heavy atom. The zero-order valence-electron chi connectivity index (χ0n) is 10.9. The maximum Gasteiger partial charge on any atom is 0.0104 e. The van der Waals surface area contributed by atoms with E-state index in [1.807, 2.05) is 0 Å². The van der Waals surface area contributed by atoms with Crippen molar-refractivity contribution in [3.63, 3.8) is 0 Å². The monoisotopic (exact) mass is 212 g/mol. The maximum absolute atomic E-state index is 3.73. The van der Waals surface area contributed by atoms with Gasteiger partial charge in [-0.25, -0.2) is 0 Å². The van der Waals surface area contributed by atoms with Gasteiger partial charge >= 0.3 is 0 Å². The minimum absolute atomic E-state index is 0.764. The van der Waals surface area contributed by atoms with Gasteiger partial charge in [-0.05, 0) is 45.8 Å². The molecule has 0 bridgehead atoms. The van der Waals surface area contributed by atoms with Crippen molar-refractivity contribution in [3.8, 4) is 0 Å². The summed E-state index contributed by atoms with van der Waals surface area (Å²) in [6.45, 7) is 5.80. The van der Waals surface area contributed by atoms with E-state index in [9.17, 15) is 0 Å². The summed E-state index contributed by atoms with van der Waals surface area (Å²) >= 11 is 0. The lowest BCUT2D eigenvalue weighted by Gasteiger charge is -2.34. The van der Waals surface area contributed by atoms with Gasteiger partial charge in [-0.2, -0.15) is 0 Å². The molecule has 0 amide bonds. The highest BCUT2D eigenvalue weighted by Gasteiger charge is 2.22. The fourth-order valence-corrected chi connectivity index (χ4v) is 2.33. The summed E-state index contributed by atoms with van der Waals surface area (Å²) in [7, 11) is 4.42. The standard InChI is InChI=1S/C13H28N2/c1-5-11(2)10-14-12-7-6-8-13(9-12)15(3)4/h11-14H,5-10H2,1-4H3. The molecule has 15 heavy (non-hydrogen) atoms. The molecule has 0 heterocycles. The normalized spacial score (nSPS) is 29.4. The van der Waals surface area contributed by atoms with Crippen LogP contribution in [0, 0.1) is 5.92 Å². The first kappa shape index (κ1) is 13.0. The molecular formula is C13H28N2. The molecule has 90 valence electrons. The molecule has 0 saturated heterocycles. The van der Waals surface area contributed by atoms with Gasteiger partial charge in [0.1, 0.15) is 0 Å². The van der Waals surface area contributed by atoms with Gasteiger partial charge in [0.25, 0.3) is 0 Å². The molecule has 2 nitrogen and oxygen atoms in total. The topological polar surface area (TPSA) is 15.3 Å². The van der Waals surface area contributed by atoms with E-state index in [0.717, 1.165) is 18.0 Å². The molecule has 2 heteroatoms. The van der Waals surface area contributed by atoms with Crippen molar-refractivity contribution >= 4 is 0 Å². The second kappa shape index (κ2) is 6.49. The van der Waals surface area contributed by atoms with Crippen LogP contribution in [0.1, 0.15) is 46.0 Å². The van der Waals surface area contributed by atoms with Gasteiger partial charge in [-0.15, -0.1) is 0 Å². The highest BCUT2D eigenvalue weighted by molar-refractivity contribution is 4.82. The van der Waals surface area contributed by atoms with Crippen LogP contribution in [0.4, 0.5) is 0 Å². The van der Waals surface area contributed by atoms with Crippen LogP contribution in [0.5, 0.6) is 0 Å². The predicted molar refractivity (Wildman–Crippen MR) is 67.2 cm³/mol. The van der Waals surface area contributed by atoms with Crippen LogP contribution in [0.3, 0.4) is 0 Å². The molecule has 1 aliphatic rings. The third-order valence-electron chi connectivity index (χ3n) is 3.83. The minimum Gasteiger partial charge on any atom is -0.314 e.